The normalized spacial score (nSPS) is 11.8. The lowest BCUT2D eigenvalue weighted by Gasteiger charge is -2.34. The molecule has 0 saturated carbocycles. The molecule has 0 spiro atoms. The summed E-state index contributed by atoms with van der Waals surface area (Å²) < 4.78 is 34.9. The van der Waals surface area contributed by atoms with Crippen LogP contribution in [0, 0.1) is 6.92 Å². The van der Waals surface area contributed by atoms with Crippen LogP contribution in [0.25, 0.3) is 0 Å². The average molecular weight is 662 g/mol. The zero-order chi connectivity index (χ0) is 33.1. The van der Waals surface area contributed by atoms with E-state index in [-0.39, 0.29) is 29.5 Å². The molecule has 0 heterocycles. The highest BCUT2D eigenvalue weighted by Crippen LogP contribution is 2.30. The molecule has 0 aromatic heterocycles. The fourth-order valence-electron chi connectivity index (χ4n) is 5.11. The zero-order valence-corrected chi connectivity index (χ0v) is 27.9. The fourth-order valence-corrected chi connectivity index (χ4v) is 6.77. The van der Waals surface area contributed by atoms with Gasteiger partial charge in [-0.25, -0.2) is 8.42 Å². The molecular formula is C36H40ClN3O5S. The lowest BCUT2D eigenvalue weighted by molar-refractivity contribution is -0.140. The fraction of sp³-hybridized carbons (Fsp3) is 0.278. The molecule has 0 bridgehead atoms. The van der Waals surface area contributed by atoms with Crippen molar-refractivity contribution >= 4 is 39.1 Å². The van der Waals surface area contributed by atoms with Crippen LogP contribution in [0.15, 0.2) is 108 Å². The summed E-state index contributed by atoms with van der Waals surface area (Å²) in [4.78, 5) is 30.0. The van der Waals surface area contributed by atoms with Gasteiger partial charge in [-0.3, -0.25) is 13.9 Å². The molecule has 1 atom stereocenters. The first-order valence-electron chi connectivity index (χ1n) is 15.2. The van der Waals surface area contributed by atoms with Crippen molar-refractivity contribution in [1.82, 2.24) is 10.2 Å². The number of amides is 2. The quantitative estimate of drug-likeness (QED) is 0.149. The lowest BCUT2D eigenvalue weighted by Crippen LogP contribution is -2.53. The number of ether oxygens (including phenoxy) is 1. The lowest BCUT2D eigenvalue weighted by atomic mass is 10.0. The Morgan fingerprint density at radius 1 is 0.891 bits per heavy atom. The second-order valence-corrected chi connectivity index (χ2v) is 13.3. The Bertz CT molecular complexity index is 1720. The minimum absolute atomic E-state index is 0.0275. The number of unbranched alkanes of at least 4 members (excludes halogenated alkanes) is 1. The van der Waals surface area contributed by atoms with E-state index >= 15 is 0 Å². The molecule has 242 valence electrons. The molecule has 0 fully saturated rings. The summed E-state index contributed by atoms with van der Waals surface area (Å²) in [7, 11) is -2.66. The number of aryl methyl sites for hydroxylation is 1. The van der Waals surface area contributed by atoms with Crippen LogP contribution in [0.2, 0.25) is 5.02 Å². The number of rotatable bonds is 15. The van der Waals surface area contributed by atoms with E-state index in [9.17, 15) is 18.0 Å². The van der Waals surface area contributed by atoms with Crippen molar-refractivity contribution in [2.75, 3.05) is 24.5 Å². The number of anilines is 1. The maximum absolute atomic E-state index is 14.6. The third-order valence-corrected chi connectivity index (χ3v) is 9.65. The molecule has 0 aliphatic rings. The highest BCUT2D eigenvalue weighted by atomic mass is 35.5. The van der Waals surface area contributed by atoms with Crippen molar-refractivity contribution < 1.29 is 22.7 Å². The molecule has 0 saturated heterocycles. The number of sulfonamides is 1. The molecule has 10 heteroatoms. The molecule has 1 unspecified atom stereocenters. The van der Waals surface area contributed by atoms with Crippen LogP contribution in [0.4, 0.5) is 5.69 Å². The number of benzene rings is 4. The number of halogens is 1. The van der Waals surface area contributed by atoms with Gasteiger partial charge in [0.2, 0.25) is 11.8 Å². The SMILES string of the molecule is CCCCNC(=O)C(Cc1ccccc1)N(Cc1cccc(OC)c1)C(=O)CN(c1cc(Cl)ccc1C)S(=O)(=O)c1ccccc1. The molecular weight excluding hydrogens is 622 g/mol. The van der Waals surface area contributed by atoms with Gasteiger partial charge in [0.05, 0.1) is 17.7 Å². The van der Waals surface area contributed by atoms with Gasteiger partial charge in [-0.2, -0.15) is 0 Å². The number of methoxy groups -OCH3 is 1. The third-order valence-electron chi connectivity index (χ3n) is 7.64. The second kappa shape index (κ2) is 16.3. The predicted molar refractivity (Wildman–Crippen MR) is 183 cm³/mol. The first-order chi connectivity index (χ1) is 22.1. The monoisotopic (exact) mass is 661 g/mol. The predicted octanol–water partition coefficient (Wildman–Crippen LogP) is 6.41. The average Bonchev–Trinajstić information content (AvgIpc) is 3.07. The van der Waals surface area contributed by atoms with Crippen LogP contribution >= 0.6 is 11.6 Å². The molecule has 2 amide bonds. The van der Waals surface area contributed by atoms with E-state index in [1.807, 2.05) is 49.4 Å². The van der Waals surface area contributed by atoms with Crippen LogP contribution in [-0.2, 0) is 32.6 Å². The van der Waals surface area contributed by atoms with Gasteiger partial charge < -0.3 is 15.0 Å². The van der Waals surface area contributed by atoms with E-state index in [1.165, 1.54) is 23.1 Å². The summed E-state index contributed by atoms with van der Waals surface area (Å²) >= 11 is 6.35. The minimum Gasteiger partial charge on any atom is -0.497 e. The summed E-state index contributed by atoms with van der Waals surface area (Å²) in [5, 5.41) is 3.32. The third kappa shape index (κ3) is 8.89. The number of hydrogen-bond donors (Lipinski definition) is 1. The Balaban J connectivity index is 1.82. The van der Waals surface area contributed by atoms with Crippen LogP contribution in [0.3, 0.4) is 0 Å². The Hall–Kier alpha value is -4.34. The number of nitrogens with zero attached hydrogens (tertiary/aromatic N) is 2. The topological polar surface area (TPSA) is 96.0 Å². The van der Waals surface area contributed by atoms with Crippen LogP contribution < -0.4 is 14.4 Å². The number of nitrogens with one attached hydrogen (secondary N) is 1. The Kier molecular flexibility index (Phi) is 12.2. The van der Waals surface area contributed by atoms with E-state index in [0.29, 0.717) is 22.9 Å². The minimum atomic E-state index is -4.22. The van der Waals surface area contributed by atoms with E-state index in [4.69, 9.17) is 16.3 Å². The Labute approximate surface area is 277 Å². The van der Waals surface area contributed by atoms with Crippen LogP contribution in [-0.4, -0.2) is 51.4 Å². The summed E-state index contributed by atoms with van der Waals surface area (Å²) in [6, 6.07) is 28.6. The molecule has 8 nitrogen and oxygen atoms in total. The molecule has 1 N–H and O–H groups in total. The van der Waals surface area contributed by atoms with Crippen molar-refractivity contribution in [2.24, 2.45) is 0 Å². The summed E-state index contributed by atoms with van der Waals surface area (Å²) in [6.07, 6.45) is 1.91. The molecule has 4 rings (SSSR count). The molecule has 4 aromatic carbocycles. The highest BCUT2D eigenvalue weighted by Gasteiger charge is 2.35. The summed E-state index contributed by atoms with van der Waals surface area (Å²) in [5.74, 6) is -0.266. The molecule has 4 aromatic rings. The second-order valence-electron chi connectivity index (χ2n) is 11.0. The largest absolute Gasteiger partial charge is 0.497 e. The van der Waals surface area contributed by atoms with Crippen LogP contribution in [0.5, 0.6) is 5.75 Å². The standard InChI is InChI=1S/C36H40ClN3O5S/c1-4-5-21-38-36(42)34(23-28-13-8-6-9-14-28)39(25-29-15-12-16-31(22-29)45-3)35(41)26-40(33-24-30(37)20-19-27(33)2)46(43,44)32-17-10-7-11-18-32/h6-20,22,24,34H,4-5,21,23,25-26H2,1-3H3,(H,38,42). The first-order valence-corrected chi connectivity index (χ1v) is 17.0. The highest BCUT2D eigenvalue weighted by molar-refractivity contribution is 7.92. The smallest absolute Gasteiger partial charge is 0.264 e. The number of carbonyl (C=O) groups is 2. The van der Waals surface area contributed by atoms with Crippen molar-refractivity contribution in [1.29, 1.82) is 0 Å². The maximum Gasteiger partial charge on any atom is 0.264 e. The molecule has 0 aliphatic heterocycles. The Morgan fingerprint density at radius 3 is 2.24 bits per heavy atom. The van der Waals surface area contributed by atoms with Crippen molar-refractivity contribution in [3.05, 3.63) is 125 Å². The van der Waals surface area contributed by atoms with Crippen molar-refractivity contribution in [2.45, 2.75) is 50.6 Å². The summed E-state index contributed by atoms with van der Waals surface area (Å²) in [5.41, 5.74) is 2.48. The first kappa shape index (κ1) is 34.5. The van der Waals surface area contributed by atoms with Gasteiger partial charge in [-0.05, 0) is 66.4 Å². The van der Waals surface area contributed by atoms with Gasteiger partial charge in [0, 0.05) is 24.5 Å². The Morgan fingerprint density at radius 2 is 1.57 bits per heavy atom. The van der Waals surface area contributed by atoms with E-state index in [1.54, 1.807) is 56.5 Å². The molecule has 46 heavy (non-hydrogen) atoms. The van der Waals surface area contributed by atoms with Crippen LogP contribution in [0.1, 0.15) is 36.5 Å². The van der Waals surface area contributed by atoms with Gasteiger partial charge in [0.25, 0.3) is 10.0 Å². The molecule has 0 radical (unpaired) electrons. The van der Waals surface area contributed by atoms with Crippen molar-refractivity contribution in [3.63, 3.8) is 0 Å². The number of carbonyl (C=O) groups excluding carboxylic acids is 2. The maximum atomic E-state index is 14.6. The van der Waals surface area contributed by atoms with Gasteiger partial charge in [0.1, 0.15) is 18.3 Å². The van der Waals surface area contributed by atoms with Gasteiger partial charge >= 0.3 is 0 Å². The van der Waals surface area contributed by atoms with E-state index < -0.39 is 28.5 Å². The van der Waals surface area contributed by atoms with Gasteiger partial charge in [-0.15, -0.1) is 0 Å². The van der Waals surface area contributed by atoms with E-state index in [0.717, 1.165) is 28.3 Å². The van der Waals surface area contributed by atoms with Gasteiger partial charge in [-0.1, -0.05) is 91.7 Å². The zero-order valence-electron chi connectivity index (χ0n) is 26.4. The van der Waals surface area contributed by atoms with E-state index in [2.05, 4.69) is 5.32 Å². The van der Waals surface area contributed by atoms with Gasteiger partial charge in [0.15, 0.2) is 0 Å². The number of hydrogen-bond acceptors (Lipinski definition) is 5. The summed E-state index contributed by atoms with van der Waals surface area (Å²) in [6.45, 7) is 3.74. The molecule has 0 aliphatic carbocycles. The van der Waals surface area contributed by atoms with Crippen molar-refractivity contribution in [3.8, 4) is 5.75 Å².